The fourth-order valence-electron chi connectivity index (χ4n) is 2.25. The van der Waals surface area contributed by atoms with Crippen molar-refractivity contribution >= 4 is 57.9 Å². The van der Waals surface area contributed by atoms with E-state index in [1.54, 1.807) is 48.5 Å². The number of methoxy groups -OCH3 is 1. The molecule has 2 aromatic carbocycles. The van der Waals surface area contributed by atoms with Gasteiger partial charge in [-0.25, -0.2) is 4.90 Å². The first kappa shape index (κ1) is 16.9. The van der Waals surface area contributed by atoms with Gasteiger partial charge in [0.25, 0.3) is 11.1 Å². The largest absolute Gasteiger partial charge is 0.495 e. The smallest absolute Gasteiger partial charge is 0.298 e. The minimum absolute atomic E-state index is 0.287. The van der Waals surface area contributed by atoms with Gasteiger partial charge in [-0.15, -0.1) is 0 Å². The second kappa shape index (κ2) is 6.89. The predicted molar refractivity (Wildman–Crippen MR) is 97.9 cm³/mol. The highest BCUT2D eigenvalue weighted by molar-refractivity contribution is 8.19. The van der Waals surface area contributed by atoms with Gasteiger partial charge in [-0.05, 0) is 47.7 Å². The van der Waals surface area contributed by atoms with Crippen LogP contribution < -0.4 is 9.64 Å². The average Bonchev–Trinajstić information content (AvgIpc) is 2.84. The van der Waals surface area contributed by atoms with Crippen molar-refractivity contribution in [1.29, 1.82) is 0 Å². The van der Waals surface area contributed by atoms with Crippen LogP contribution in [0.5, 0.6) is 5.75 Å². The number of imide groups is 1. The van der Waals surface area contributed by atoms with Gasteiger partial charge >= 0.3 is 0 Å². The molecule has 122 valence electrons. The SMILES string of the molecule is COc1ccccc1N1C(=O)SC(=Cc2ccc(Cl)cc2Cl)C1=O. The van der Waals surface area contributed by atoms with Gasteiger partial charge in [0.15, 0.2) is 0 Å². The molecule has 0 aliphatic carbocycles. The molecule has 1 aliphatic rings. The molecule has 0 unspecified atom stereocenters. The van der Waals surface area contributed by atoms with Crippen molar-refractivity contribution < 1.29 is 14.3 Å². The maximum Gasteiger partial charge on any atom is 0.298 e. The number of halogens is 2. The number of carbonyl (C=O) groups is 2. The fraction of sp³-hybridized carbons (Fsp3) is 0.0588. The number of amides is 2. The minimum atomic E-state index is -0.416. The maximum absolute atomic E-state index is 12.7. The number of hydrogen-bond acceptors (Lipinski definition) is 4. The number of para-hydroxylation sites is 2. The van der Waals surface area contributed by atoms with Gasteiger partial charge in [-0.2, -0.15) is 0 Å². The van der Waals surface area contributed by atoms with E-state index in [2.05, 4.69) is 0 Å². The molecule has 24 heavy (non-hydrogen) atoms. The molecule has 0 N–H and O–H groups in total. The number of hydrogen-bond donors (Lipinski definition) is 0. The standard InChI is InChI=1S/C17H11Cl2NO3S/c1-23-14-5-3-2-4-13(14)20-16(21)15(24-17(20)22)8-10-6-7-11(18)9-12(10)19/h2-9H,1H3. The molecule has 0 radical (unpaired) electrons. The van der Waals surface area contributed by atoms with Gasteiger partial charge in [-0.1, -0.05) is 41.4 Å². The Morgan fingerprint density at radius 3 is 2.58 bits per heavy atom. The van der Waals surface area contributed by atoms with Crippen LogP contribution in [0.25, 0.3) is 6.08 Å². The number of carbonyl (C=O) groups excluding carboxylic acids is 2. The minimum Gasteiger partial charge on any atom is -0.495 e. The lowest BCUT2D eigenvalue weighted by Crippen LogP contribution is -2.28. The van der Waals surface area contributed by atoms with E-state index < -0.39 is 5.91 Å². The number of thioether (sulfide) groups is 1. The molecule has 3 rings (SSSR count). The lowest BCUT2D eigenvalue weighted by molar-refractivity contribution is -0.113. The zero-order valence-electron chi connectivity index (χ0n) is 12.5. The second-order valence-electron chi connectivity index (χ2n) is 4.85. The van der Waals surface area contributed by atoms with E-state index in [4.69, 9.17) is 27.9 Å². The van der Waals surface area contributed by atoms with Gasteiger partial charge in [0.1, 0.15) is 5.75 Å². The lowest BCUT2D eigenvalue weighted by atomic mass is 10.2. The Bertz CT molecular complexity index is 867. The Balaban J connectivity index is 1.99. The number of ether oxygens (including phenoxy) is 1. The van der Waals surface area contributed by atoms with Crippen LogP contribution in [0.2, 0.25) is 10.0 Å². The van der Waals surface area contributed by atoms with Crippen LogP contribution in [-0.4, -0.2) is 18.3 Å². The van der Waals surface area contributed by atoms with E-state index in [9.17, 15) is 9.59 Å². The molecule has 1 fully saturated rings. The molecule has 1 saturated heterocycles. The molecule has 7 heteroatoms. The van der Waals surface area contributed by atoms with Gasteiger partial charge < -0.3 is 4.74 Å². The quantitative estimate of drug-likeness (QED) is 0.683. The van der Waals surface area contributed by atoms with Crippen molar-refractivity contribution in [3.05, 3.63) is 63.0 Å². The van der Waals surface area contributed by atoms with Crippen molar-refractivity contribution in [3.8, 4) is 5.75 Å². The Morgan fingerprint density at radius 1 is 1.12 bits per heavy atom. The molecule has 2 amide bonds. The highest BCUT2D eigenvalue weighted by Gasteiger charge is 2.37. The zero-order valence-corrected chi connectivity index (χ0v) is 14.8. The first-order valence-electron chi connectivity index (χ1n) is 6.87. The van der Waals surface area contributed by atoms with Gasteiger partial charge in [0.05, 0.1) is 17.7 Å². The summed E-state index contributed by atoms with van der Waals surface area (Å²) in [6, 6.07) is 11.8. The van der Waals surface area contributed by atoms with Crippen molar-refractivity contribution in [2.45, 2.75) is 0 Å². The molecule has 2 aromatic rings. The monoisotopic (exact) mass is 379 g/mol. The van der Waals surface area contributed by atoms with Crippen LogP contribution in [0.1, 0.15) is 5.56 Å². The summed E-state index contributed by atoms with van der Waals surface area (Å²) in [6.07, 6.45) is 1.58. The molecular formula is C17H11Cl2NO3S. The molecule has 4 nitrogen and oxygen atoms in total. The van der Waals surface area contributed by atoms with E-state index in [0.29, 0.717) is 27.0 Å². The number of benzene rings is 2. The molecule has 0 spiro atoms. The molecule has 1 aliphatic heterocycles. The van der Waals surface area contributed by atoms with E-state index >= 15 is 0 Å². The highest BCUT2D eigenvalue weighted by Crippen LogP contribution is 2.40. The lowest BCUT2D eigenvalue weighted by Gasteiger charge is -2.15. The summed E-state index contributed by atoms with van der Waals surface area (Å²) >= 11 is 12.8. The first-order valence-corrected chi connectivity index (χ1v) is 8.44. The fourth-order valence-corrected chi connectivity index (χ4v) is 3.54. The third kappa shape index (κ3) is 3.15. The summed E-state index contributed by atoms with van der Waals surface area (Å²) in [6.45, 7) is 0. The van der Waals surface area contributed by atoms with Gasteiger partial charge in [0.2, 0.25) is 0 Å². The summed E-state index contributed by atoms with van der Waals surface area (Å²) in [7, 11) is 1.49. The second-order valence-corrected chi connectivity index (χ2v) is 6.69. The van der Waals surface area contributed by atoms with Crippen LogP contribution in [-0.2, 0) is 4.79 Å². The summed E-state index contributed by atoms with van der Waals surface area (Å²) in [4.78, 5) is 26.4. The molecule has 1 heterocycles. The van der Waals surface area contributed by atoms with Crippen molar-refractivity contribution in [2.75, 3.05) is 12.0 Å². The maximum atomic E-state index is 12.7. The Morgan fingerprint density at radius 2 is 1.88 bits per heavy atom. The van der Waals surface area contributed by atoms with E-state index in [-0.39, 0.29) is 10.1 Å². The topological polar surface area (TPSA) is 46.6 Å². The van der Waals surface area contributed by atoms with Crippen LogP contribution in [0.3, 0.4) is 0 Å². The van der Waals surface area contributed by atoms with E-state index in [0.717, 1.165) is 16.7 Å². The average molecular weight is 380 g/mol. The molecule has 0 bridgehead atoms. The van der Waals surface area contributed by atoms with Crippen molar-refractivity contribution in [1.82, 2.24) is 0 Å². The van der Waals surface area contributed by atoms with Gasteiger partial charge in [0, 0.05) is 10.0 Å². The summed E-state index contributed by atoms with van der Waals surface area (Å²) < 4.78 is 5.23. The molecule has 0 aromatic heterocycles. The van der Waals surface area contributed by atoms with Crippen molar-refractivity contribution in [3.63, 3.8) is 0 Å². The highest BCUT2D eigenvalue weighted by atomic mass is 35.5. The Kier molecular flexibility index (Phi) is 4.85. The number of anilines is 1. The zero-order chi connectivity index (χ0) is 17.3. The van der Waals surface area contributed by atoms with E-state index in [1.807, 2.05) is 0 Å². The van der Waals surface area contributed by atoms with Crippen LogP contribution in [0.15, 0.2) is 47.4 Å². The predicted octanol–water partition coefficient (Wildman–Crippen LogP) is 5.24. The molecule has 0 saturated carbocycles. The molecular weight excluding hydrogens is 369 g/mol. The molecule has 0 atom stereocenters. The van der Waals surface area contributed by atoms with Crippen molar-refractivity contribution in [2.24, 2.45) is 0 Å². The van der Waals surface area contributed by atoms with Gasteiger partial charge in [-0.3, -0.25) is 9.59 Å². The first-order chi connectivity index (χ1) is 11.5. The summed E-state index contributed by atoms with van der Waals surface area (Å²) in [5, 5.41) is 0.520. The normalized spacial score (nSPS) is 16.1. The third-order valence-corrected chi connectivity index (χ3v) is 4.80. The Hall–Kier alpha value is -1.95. The number of nitrogens with zero attached hydrogens (tertiary/aromatic N) is 1. The summed E-state index contributed by atoms with van der Waals surface area (Å²) in [5.41, 5.74) is 1.03. The van der Waals surface area contributed by atoms with Crippen LogP contribution in [0.4, 0.5) is 10.5 Å². The Labute approximate surface area is 153 Å². The number of rotatable bonds is 3. The van der Waals surface area contributed by atoms with Crippen LogP contribution >= 0.6 is 35.0 Å². The summed E-state index contributed by atoms with van der Waals surface area (Å²) in [5.74, 6) is 0.0334. The van der Waals surface area contributed by atoms with E-state index in [1.165, 1.54) is 7.11 Å². The third-order valence-electron chi connectivity index (χ3n) is 3.37. The van der Waals surface area contributed by atoms with Crippen LogP contribution in [0, 0.1) is 0 Å².